The molecule has 0 amide bonds. The van der Waals surface area contributed by atoms with E-state index in [4.69, 9.17) is 9.29 Å². The second kappa shape index (κ2) is 4.76. The van der Waals surface area contributed by atoms with Crippen LogP contribution < -0.4 is 0 Å². The third-order valence-corrected chi connectivity index (χ3v) is 5.56. The predicted molar refractivity (Wildman–Crippen MR) is 60.8 cm³/mol. The van der Waals surface area contributed by atoms with E-state index in [0.29, 0.717) is 0 Å². The zero-order chi connectivity index (χ0) is 17.4. The minimum Gasteiger partial charge on any atom is -0.459 e. The van der Waals surface area contributed by atoms with Gasteiger partial charge in [0.25, 0.3) is 0 Å². The highest BCUT2D eigenvalue weighted by molar-refractivity contribution is 7.86. The van der Waals surface area contributed by atoms with Crippen molar-refractivity contribution in [3.63, 3.8) is 0 Å². The van der Waals surface area contributed by atoms with Crippen LogP contribution in [0.2, 0.25) is 0 Å². The number of hydrogen-bond donors (Lipinski definition) is 1. The van der Waals surface area contributed by atoms with Gasteiger partial charge in [-0.3, -0.25) is 9.35 Å². The maximum atomic E-state index is 13.5. The molecular formula is C11H11F5O6S. The maximum absolute atomic E-state index is 13.5. The molecule has 0 spiro atoms. The maximum Gasteiger partial charge on any atom is 0.421 e. The lowest BCUT2D eigenvalue weighted by Gasteiger charge is -2.33. The first-order valence-corrected chi connectivity index (χ1v) is 8.05. The Morgan fingerprint density at radius 2 is 1.83 bits per heavy atom. The van der Waals surface area contributed by atoms with Crippen LogP contribution >= 0.6 is 0 Å². The van der Waals surface area contributed by atoms with Gasteiger partial charge in [0.1, 0.15) is 6.10 Å². The van der Waals surface area contributed by atoms with Crippen LogP contribution in [0.3, 0.4) is 0 Å². The van der Waals surface area contributed by atoms with Crippen molar-refractivity contribution >= 4 is 16.1 Å². The van der Waals surface area contributed by atoms with Gasteiger partial charge in [-0.2, -0.15) is 30.4 Å². The van der Waals surface area contributed by atoms with E-state index in [0.717, 1.165) is 0 Å². The molecule has 1 aliphatic heterocycles. The summed E-state index contributed by atoms with van der Waals surface area (Å²) in [7, 11) is -6.35. The molecule has 0 aromatic heterocycles. The molecule has 3 fully saturated rings. The van der Waals surface area contributed by atoms with E-state index in [9.17, 15) is 35.2 Å². The van der Waals surface area contributed by atoms with Gasteiger partial charge < -0.3 is 9.47 Å². The Hall–Kier alpha value is -1.01. The Morgan fingerprint density at radius 3 is 2.35 bits per heavy atom. The number of carbonyl (C=O) groups is 1. The van der Waals surface area contributed by atoms with Gasteiger partial charge in [0.05, 0.1) is 12.0 Å². The minimum atomic E-state index is -6.35. The summed E-state index contributed by atoms with van der Waals surface area (Å²) in [6.07, 6.45) is -12.0. The van der Waals surface area contributed by atoms with Gasteiger partial charge in [0.15, 0.2) is 0 Å². The van der Waals surface area contributed by atoms with Gasteiger partial charge in [-0.05, 0) is 18.8 Å². The van der Waals surface area contributed by atoms with Gasteiger partial charge in [0, 0.05) is 5.92 Å². The van der Waals surface area contributed by atoms with Crippen molar-refractivity contribution < 1.29 is 49.2 Å². The van der Waals surface area contributed by atoms with Crippen LogP contribution in [0.1, 0.15) is 12.8 Å². The summed E-state index contributed by atoms with van der Waals surface area (Å²) in [5.74, 6) is -2.11. The van der Waals surface area contributed by atoms with E-state index in [1.54, 1.807) is 0 Å². The standard InChI is InChI=1S/C11H11F5O6S/c12-10(13,14)9(11(15,16)23(18,19)20)22-6-3-1-4-5(2-3)8(17)21-7(4)6/h3-7,9H,1-2H2,(H,18,19,20). The van der Waals surface area contributed by atoms with Crippen molar-refractivity contribution in [2.24, 2.45) is 17.8 Å². The molecule has 3 rings (SSSR count). The molecule has 6 unspecified atom stereocenters. The lowest BCUT2D eigenvalue weighted by Crippen LogP contribution is -2.54. The van der Waals surface area contributed by atoms with Crippen LogP contribution in [0, 0.1) is 17.8 Å². The monoisotopic (exact) mass is 366 g/mol. The van der Waals surface area contributed by atoms with E-state index in [1.165, 1.54) is 0 Å². The second-order valence-electron chi connectivity index (χ2n) is 5.96. The molecule has 23 heavy (non-hydrogen) atoms. The number of ether oxygens (including phenoxy) is 2. The molecule has 132 valence electrons. The van der Waals surface area contributed by atoms with Crippen molar-refractivity contribution in [3.05, 3.63) is 0 Å². The molecule has 0 aromatic rings. The average Bonchev–Trinajstić information content (AvgIpc) is 2.95. The number of fused-ring (bicyclic) bond motifs is 1. The number of alkyl halides is 5. The Balaban J connectivity index is 1.88. The molecule has 3 aliphatic rings. The Labute approximate surface area is 126 Å². The number of hydrogen-bond acceptors (Lipinski definition) is 5. The van der Waals surface area contributed by atoms with Gasteiger partial charge in [-0.15, -0.1) is 0 Å². The number of esters is 1. The number of rotatable bonds is 4. The van der Waals surface area contributed by atoms with Crippen molar-refractivity contribution in [1.82, 2.24) is 0 Å². The third kappa shape index (κ3) is 2.41. The van der Waals surface area contributed by atoms with Crippen LogP contribution in [0.4, 0.5) is 22.0 Å². The fourth-order valence-corrected chi connectivity index (χ4v) is 4.19. The molecule has 1 N–H and O–H groups in total. The summed E-state index contributed by atoms with van der Waals surface area (Å²) >= 11 is 0. The fourth-order valence-electron chi connectivity index (χ4n) is 3.73. The Morgan fingerprint density at radius 1 is 1.22 bits per heavy atom. The number of halogens is 5. The number of carbonyl (C=O) groups excluding carboxylic acids is 1. The van der Waals surface area contributed by atoms with Gasteiger partial charge >= 0.3 is 27.5 Å². The molecule has 2 bridgehead atoms. The largest absolute Gasteiger partial charge is 0.459 e. The molecule has 0 aromatic carbocycles. The molecule has 12 heteroatoms. The molecule has 1 saturated heterocycles. The summed E-state index contributed by atoms with van der Waals surface area (Å²) in [5.41, 5.74) is 0. The summed E-state index contributed by atoms with van der Waals surface area (Å²) < 4.78 is 105. The molecule has 2 saturated carbocycles. The smallest absolute Gasteiger partial charge is 0.421 e. The van der Waals surface area contributed by atoms with Gasteiger partial charge in [0.2, 0.25) is 6.10 Å². The first-order chi connectivity index (χ1) is 10.3. The van der Waals surface area contributed by atoms with E-state index in [2.05, 4.69) is 4.74 Å². The van der Waals surface area contributed by atoms with Crippen molar-refractivity contribution in [1.29, 1.82) is 0 Å². The van der Waals surface area contributed by atoms with Crippen LogP contribution in [0.25, 0.3) is 0 Å². The van der Waals surface area contributed by atoms with Crippen LogP contribution in [0.15, 0.2) is 0 Å². The van der Waals surface area contributed by atoms with Crippen molar-refractivity contribution in [2.45, 2.75) is 42.6 Å². The van der Waals surface area contributed by atoms with Crippen molar-refractivity contribution in [2.75, 3.05) is 0 Å². The Kier molecular flexibility index (Phi) is 3.48. The normalized spacial score (nSPS) is 38.0. The van der Waals surface area contributed by atoms with E-state index < -0.39 is 63.6 Å². The molecule has 6 atom stereocenters. The quantitative estimate of drug-likeness (QED) is 0.459. The first kappa shape index (κ1) is 16.8. The zero-order valence-corrected chi connectivity index (χ0v) is 12.0. The zero-order valence-electron chi connectivity index (χ0n) is 11.2. The molecule has 2 aliphatic carbocycles. The predicted octanol–water partition coefficient (Wildman–Crippen LogP) is 1.36. The average molecular weight is 366 g/mol. The minimum absolute atomic E-state index is 0.146. The van der Waals surface area contributed by atoms with E-state index in [-0.39, 0.29) is 12.8 Å². The highest BCUT2D eigenvalue weighted by Crippen LogP contribution is 2.56. The van der Waals surface area contributed by atoms with Gasteiger partial charge in [-0.1, -0.05) is 0 Å². The van der Waals surface area contributed by atoms with E-state index >= 15 is 0 Å². The molecular weight excluding hydrogens is 355 g/mol. The van der Waals surface area contributed by atoms with Crippen LogP contribution in [-0.2, 0) is 24.4 Å². The fraction of sp³-hybridized carbons (Fsp3) is 0.909. The summed E-state index contributed by atoms with van der Waals surface area (Å²) in [6.45, 7) is 0. The lowest BCUT2D eigenvalue weighted by molar-refractivity contribution is -0.285. The highest BCUT2D eigenvalue weighted by Gasteiger charge is 2.69. The van der Waals surface area contributed by atoms with Gasteiger partial charge in [-0.25, -0.2) is 0 Å². The first-order valence-electron chi connectivity index (χ1n) is 6.61. The highest BCUT2D eigenvalue weighted by atomic mass is 32.2. The second-order valence-corrected chi connectivity index (χ2v) is 7.46. The van der Waals surface area contributed by atoms with Crippen LogP contribution in [-0.4, -0.2) is 48.7 Å². The summed E-state index contributed by atoms with van der Waals surface area (Å²) in [5, 5.41) is -5.57. The lowest BCUT2D eigenvalue weighted by atomic mass is 9.88. The van der Waals surface area contributed by atoms with Crippen molar-refractivity contribution in [3.8, 4) is 0 Å². The topological polar surface area (TPSA) is 89.9 Å². The molecule has 1 heterocycles. The van der Waals surface area contributed by atoms with E-state index in [1.807, 2.05) is 0 Å². The molecule has 0 radical (unpaired) electrons. The third-order valence-electron chi connectivity index (χ3n) is 4.65. The Bertz CT molecular complexity index is 631. The molecule has 6 nitrogen and oxygen atoms in total. The SMILES string of the molecule is O=C1OC2C3CC(CC13)C2OC(C(F)(F)F)C(F)(F)S(=O)(=O)O. The van der Waals surface area contributed by atoms with Crippen LogP contribution in [0.5, 0.6) is 0 Å². The summed E-state index contributed by atoms with van der Waals surface area (Å²) in [6, 6.07) is 0. The summed E-state index contributed by atoms with van der Waals surface area (Å²) in [4.78, 5) is 11.5.